The third kappa shape index (κ3) is 2.65. The molecule has 0 amide bonds. The maximum Gasteiger partial charge on any atom is 0.0998 e. The number of likely N-dealkylation sites (N-methyl/N-ethyl adjacent to an activating group) is 1. The zero-order valence-electron chi connectivity index (χ0n) is 9.40. The van der Waals surface area contributed by atoms with Gasteiger partial charge in [-0.1, -0.05) is 6.92 Å². The van der Waals surface area contributed by atoms with Crippen LogP contribution in [0.25, 0.3) is 0 Å². The molecule has 2 rings (SSSR count). The van der Waals surface area contributed by atoms with Crippen molar-refractivity contribution in [3.8, 4) is 0 Å². The van der Waals surface area contributed by atoms with Gasteiger partial charge in [0, 0.05) is 17.5 Å². The van der Waals surface area contributed by atoms with Crippen LogP contribution in [0.2, 0.25) is 0 Å². The van der Waals surface area contributed by atoms with Crippen LogP contribution in [0.15, 0.2) is 11.6 Å². The van der Waals surface area contributed by atoms with Gasteiger partial charge in [0.15, 0.2) is 0 Å². The zero-order valence-corrected chi connectivity index (χ0v) is 10.2. The third-order valence-electron chi connectivity index (χ3n) is 2.29. The van der Waals surface area contributed by atoms with Crippen LogP contribution >= 0.6 is 11.3 Å². The fourth-order valence-corrected chi connectivity index (χ4v) is 2.40. The van der Waals surface area contributed by atoms with Crippen LogP contribution in [0.5, 0.6) is 0 Å². The van der Waals surface area contributed by atoms with Gasteiger partial charge < -0.3 is 5.32 Å². The summed E-state index contributed by atoms with van der Waals surface area (Å²) in [6.07, 6.45) is 2.62. The maximum atomic E-state index is 4.46. The number of nitrogens with one attached hydrogen (secondary N) is 2. The molecule has 5 nitrogen and oxygen atoms in total. The van der Waals surface area contributed by atoms with Crippen LogP contribution in [0.3, 0.4) is 0 Å². The normalized spacial score (nSPS) is 12.9. The van der Waals surface area contributed by atoms with Crippen molar-refractivity contribution in [2.45, 2.75) is 26.3 Å². The van der Waals surface area contributed by atoms with Crippen LogP contribution in [-0.2, 0) is 6.42 Å². The summed E-state index contributed by atoms with van der Waals surface area (Å²) in [5.74, 6) is 0. The molecule has 2 N–H and O–H groups in total. The van der Waals surface area contributed by atoms with E-state index in [0.29, 0.717) is 0 Å². The monoisotopic (exact) mass is 237 g/mol. The highest BCUT2D eigenvalue weighted by Crippen LogP contribution is 2.18. The molecule has 0 aromatic carbocycles. The number of rotatable bonds is 5. The van der Waals surface area contributed by atoms with Gasteiger partial charge in [-0.25, -0.2) is 4.98 Å². The molecule has 0 aliphatic carbocycles. The summed E-state index contributed by atoms with van der Waals surface area (Å²) >= 11 is 1.69. The highest BCUT2D eigenvalue weighted by atomic mass is 32.1. The molecule has 0 saturated carbocycles. The van der Waals surface area contributed by atoms with Crippen LogP contribution in [0.4, 0.5) is 0 Å². The maximum absolute atomic E-state index is 4.46. The Hall–Kier alpha value is -1.27. The molecule has 0 radical (unpaired) electrons. The van der Waals surface area contributed by atoms with Gasteiger partial charge in [-0.2, -0.15) is 15.4 Å². The molecule has 0 aliphatic rings. The fourth-order valence-electron chi connectivity index (χ4n) is 1.58. The minimum atomic E-state index is 0.189. The van der Waals surface area contributed by atoms with Crippen molar-refractivity contribution < 1.29 is 0 Å². The number of hydrogen-bond donors (Lipinski definition) is 2. The van der Waals surface area contributed by atoms with Crippen molar-refractivity contribution in [3.05, 3.63) is 28.0 Å². The average Bonchev–Trinajstić information content (AvgIpc) is 2.88. The number of aryl methyl sites for hydroxylation is 1. The van der Waals surface area contributed by atoms with E-state index in [9.17, 15) is 0 Å². The van der Waals surface area contributed by atoms with E-state index in [-0.39, 0.29) is 6.04 Å². The van der Waals surface area contributed by atoms with Gasteiger partial charge >= 0.3 is 0 Å². The summed E-state index contributed by atoms with van der Waals surface area (Å²) in [6.45, 7) is 5.00. The SMILES string of the molecule is CCNC(Cc1nc(C)cs1)c1cn[nH]n1. The van der Waals surface area contributed by atoms with E-state index in [4.69, 9.17) is 0 Å². The number of aromatic nitrogens is 4. The van der Waals surface area contributed by atoms with Gasteiger partial charge in [-0.15, -0.1) is 11.3 Å². The van der Waals surface area contributed by atoms with E-state index < -0.39 is 0 Å². The second kappa shape index (κ2) is 5.18. The van der Waals surface area contributed by atoms with Crippen molar-refractivity contribution in [1.82, 2.24) is 25.7 Å². The quantitative estimate of drug-likeness (QED) is 0.826. The van der Waals surface area contributed by atoms with Crippen molar-refractivity contribution in [2.75, 3.05) is 6.54 Å². The predicted octanol–water partition coefficient (Wildman–Crippen LogP) is 1.46. The Kier molecular flexibility index (Phi) is 3.63. The Morgan fingerprint density at radius 1 is 1.56 bits per heavy atom. The van der Waals surface area contributed by atoms with E-state index >= 15 is 0 Å². The molecule has 0 aliphatic heterocycles. The Bertz CT molecular complexity index is 422. The van der Waals surface area contributed by atoms with E-state index in [2.05, 4.69) is 38.0 Å². The molecule has 86 valence electrons. The molecular weight excluding hydrogens is 222 g/mol. The number of nitrogens with zero attached hydrogens (tertiary/aromatic N) is 3. The van der Waals surface area contributed by atoms with Crippen molar-refractivity contribution >= 4 is 11.3 Å². The fraction of sp³-hybridized carbons (Fsp3) is 0.500. The molecule has 2 aromatic heterocycles. The van der Waals surface area contributed by atoms with Crippen molar-refractivity contribution in [3.63, 3.8) is 0 Å². The van der Waals surface area contributed by atoms with Crippen molar-refractivity contribution in [2.24, 2.45) is 0 Å². The molecular formula is C10H15N5S. The molecule has 2 aromatic rings. The van der Waals surface area contributed by atoms with Gasteiger partial charge in [-0.3, -0.25) is 0 Å². The summed E-state index contributed by atoms with van der Waals surface area (Å²) in [6, 6.07) is 0.189. The second-order valence-corrected chi connectivity index (χ2v) is 4.53. The lowest BCUT2D eigenvalue weighted by Crippen LogP contribution is -2.23. The molecule has 16 heavy (non-hydrogen) atoms. The lowest BCUT2D eigenvalue weighted by molar-refractivity contribution is 0.534. The molecule has 1 atom stereocenters. The summed E-state index contributed by atoms with van der Waals surface area (Å²) in [7, 11) is 0. The minimum Gasteiger partial charge on any atom is -0.308 e. The number of thiazole rings is 1. The van der Waals surface area contributed by atoms with E-state index in [1.165, 1.54) is 0 Å². The number of hydrogen-bond acceptors (Lipinski definition) is 5. The molecule has 0 bridgehead atoms. The first-order chi connectivity index (χ1) is 7.79. The minimum absolute atomic E-state index is 0.189. The molecule has 6 heteroatoms. The average molecular weight is 237 g/mol. The zero-order chi connectivity index (χ0) is 11.4. The number of H-pyrrole nitrogens is 1. The van der Waals surface area contributed by atoms with Crippen molar-refractivity contribution in [1.29, 1.82) is 0 Å². The summed E-state index contributed by atoms with van der Waals surface area (Å²) < 4.78 is 0. The first-order valence-electron chi connectivity index (χ1n) is 5.29. The largest absolute Gasteiger partial charge is 0.308 e. The molecule has 1 unspecified atom stereocenters. The Morgan fingerprint density at radius 3 is 3.00 bits per heavy atom. The van der Waals surface area contributed by atoms with E-state index in [0.717, 1.165) is 29.4 Å². The molecule has 2 heterocycles. The smallest absolute Gasteiger partial charge is 0.0998 e. The summed E-state index contributed by atoms with van der Waals surface area (Å²) in [4.78, 5) is 4.46. The first-order valence-corrected chi connectivity index (χ1v) is 6.17. The predicted molar refractivity (Wildman–Crippen MR) is 63.4 cm³/mol. The van der Waals surface area contributed by atoms with Gasteiger partial charge in [0.2, 0.25) is 0 Å². The number of aromatic amines is 1. The van der Waals surface area contributed by atoms with Gasteiger partial charge in [-0.05, 0) is 13.5 Å². The lowest BCUT2D eigenvalue weighted by atomic mass is 10.1. The van der Waals surface area contributed by atoms with Gasteiger partial charge in [0.05, 0.1) is 22.9 Å². The lowest BCUT2D eigenvalue weighted by Gasteiger charge is -2.13. The third-order valence-corrected chi connectivity index (χ3v) is 3.28. The van der Waals surface area contributed by atoms with Crippen LogP contribution in [0.1, 0.15) is 29.4 Å². The highest BCUT2D eigenvalue weighted by Gasteiger charge is 2.15. The first kappa shape index (κ1) is 11.2. The van der Waals surface area contributed by atoms with Gasteiger partial charge in [0.1, 0.15) is 0 Å². The Balaban J connectivity index is 2.09. The summed E-state index contributed by atoms with van der Waals surface area (Å²) in [5, 5.41) is 17.2. The van der Waals surface area contributed by atoms with E-state index in [1.807, 2.05) is 6.92 Å². The van der Waals surface area contributed by atoms with Crippen LogP contribution in [-0.4, -0.2) is 26.9 Å². The Labute approximate surface area is 98.3 Å². The Morgan fingerprint density at radius 2 is 2.44 bits per heavy atom. The molecule has 0 spiro atoms. The summed E-state index contributed by atoms with van der Waals surface area (Å²) in [5.41, 5.74) is 2.02. The molecule has 0 fully saturated rings. The standard InChI is InChI=1S/C10H15N5S/c1-3-11-8(9-5-12-15-14-9)4-10-13-7(2)6-16-10/h5-6,8,11H,3-4H2,1-2H3,(H,12,14,15). The van der Waals surface area contributed by atoms with Crippen LogP contribution in [0, 0.1) is 6.92 Å². The highest BCUT2D eigenvalue weighted by molar-refractivity contribution is 7.09. The van der Waals surface area contributed by atoms with Gasteiger partial charge in [0.25, 0.3) is 0 Å². The van der Waals surface area contributed by atoms with E-state index in [1.54, 1.807) is 17.5 Å². The molecule has 0 saturated heterocycles. The topological polar surface area (TPSA) is 66.5 Å². The second-order valence-electron chi connectivity index (χ2n) is 3.59. The van der Waals surface area contributed by atoms with Crippen LogP contribution < -0.4 is 5.32 Å².